The molecule has 0 aliphatic rings. The first-order valence-electron chi connectivity index (χ1n) is 2.99. The third-order valence-corrected chi connectivity index (χ3v) is 1.82. The molecule has 3 radical (unpaired) electrons. The Morgan fingerprint density at radius 3 is 2.22 bits per heavy atom. The molecule has 0 aromatic heterocycles. The van der Waals surface area contributed by atoms with Crippen molar-refractivity contribution in [3.63, 3.8) is 0 Å². The van der Waals surface area contributed by atoms with Gasteiger partial charge in [0.1, 0.15) is 0 Å². The summed E-state index contributed by atoms with van der Waals surface area (Å²) in [6, 6.07) is 6.28. The van der Waals surface area contributed by atoms with Crippen LogP contribution in [0.2, 0.25) is 0 Å². The van der Waals surface area contributed by atoms with E-state index in [2.05, 4.69) is 42.3 Å². The molecule has 0 amide bonds. The van der Waals surface area contributed by atoms with Gasteiger partial charge in [-0.1, -0.05) is 23.4 Å². The Morgan fingerprint density at radius 2 is 1.78 bits per heavy atom. The van der Waals surface area contributed by atoms with Gasteiger partial charge in [0.25, 0.3) is 0 Å². The van der Waals surface area contributed by atoms with Crippen LogP contribution in [0.4, 0.5) is 0 Å². The lowest BCUT2D eigenvalue weighted by atomic mass is 10.1. The van der Waals surface area contributed by atoms with E-state index < -0.39 is 0 Å². The van der Waals surface area contributed by atoms with Crippen LogP contribution in [0.25, 0.3) is 0 Å². The lowest BCUT2D eigenvalue weighted by Crippen LogP contribution is -2.01. The van der Waals surface area contributed by atoms with Gasteiger partial charge in [0.15, 0.2) is 0 Å². The average Bonchev–Trinajstić information content (AvgIpc) is 1.80. The Balaban J connectivity index is 3.17. The quantitative estimate of drug-likeness (QED) is 0.465. The zero-order chi connectivity index (χ0) is 6.85. The number of aryl methyl sites for hydroxylation is 2. The van der Waals surface area contributed by atoms with Crippen molar-refractivity contribution in [1.29, 1.82) is 0 Å². The lowest BCUT2D eigenvalue weighted by molar-refractivity contribution is 1.35. The molecule has 9 heavy (non-hydrogen) atoms. The molecule has 0 heterocycles. The molecule has 0 saturated heterocycles. The lowest BCUT2D eigenvalue weighted by Gasteiger charge is -1.98. The number of hydrogen-bond donors (Lipinski definition) is 0. The summed E-state index contributed by atoms with van der Waals surface area (Å²) in [6.45, 7) is 4.22. The van der Waals surface area contributed by atoms with Crippen LogP contribution in [0.15, 0.2) is 18.2 Å². The normalized spacial score (nSPS) is 9.67. The maximum absolute atomic E-state index is 3.44. The molecule has 0 nitrogen and oxygen atoms in total. The molecule has 1 heteroatoms. The van der Waals surface area contributed by atoms with Crippen LogP contribution >= 0.6 is 0 Å². The standard InChI is InChI=1S/C8H9Si/c1-6-3-4-8(9)5-7(6)2/h3-5H,1-2H3. The van der Waals surface area contributed by atoms with E-state index in [1.165, 1.54) is 11.1 Å². The third-order valence-electron chi connectivity index (χ3n) is 1.51. The second kappa shape index (κ2) is 2.36. The summed E-state index contributed by atoms with van der Waals surface area (Å²) in [5.41, 5.74) is 2.68. The first kappa shape index (κ1) is 6.56. The predicted octanol–water partition coefficient (Wildman–Crippen LogP) is 1.10. The van der Waals surface area contributed by atoms with Gasteiger partial charge in [0.05, 0.1) is 10.2 Å². The van der Waals surface area contributed by atoms with Crippen molar-refractivity contribution < 1.29 is 0 Å². The van der Waals surface area contributed by atoms with E-state index in [0.717, 1.165) is 5.19 Å². The molecular weight excluding hydrogens is 124 g/mol. The van der Waals surface area contributed by atoms with Gasteiger partial charge in [-0.3, -0.25) is 0 Å². The minimum atomic E-state index is 1.15. The molecule has 1 aromatic carbocycles. The summed E-state index contributed by atoms with van der Waals surface area (Å²) in [7, 11) is 3.44. The molecule has 1 aromatic rings. The maximum Gasteiger partial charge on any atom is 0.0711 e. The van der Waals surface area contributed by atoms with Gasteiger partial charge in [-0.15, -0.1) is 0 Å². The summed E-state index contributed by atoms with van der Waals surface area (Å²) in [6.07, 6.45) is 0. The van der Waals surface area contributed by atoms with Crippen molar-refractivity contribution in [2.24, 2.45) is 0 Å². The predicted molar refractivity (Wildman–Crippen MR) is 41.3 cm³/mol. The Morgan fingerprint density at radius 1 is 1.11 bits per heavy atom. The number of hydrogen-bond acceptors (Lipinski definition) is 0. The molecule has 0 fully saturated rings. The van der Waals surface area contributed by atoms with Crippen LogP contribution in [0, 0.1) is 13.8 Å². The molecule has 0 saturated carbocycles. The van der Waals surface area contributed by atoms with E-state index >= 15 is 0 Å². The molecule has 0 bridgehead atoms. The van der Waals surface area contributed by atoms with Crippen LogP contribution < -0.4 is 5.19 Å². The van der Waals surface area contributed by atoms with Crippen LogP contribution in [-0.2, 0) is 0 Å². The minimum Gasteiger partial charge on any atom is -0.0671 e. The van der Waals surface area contributed by atoms with E-state index in [-0.39, 0.29) is 0 Å². The molecule has 1 rings (SSSR count). The average molecular weight is 133 g/mol. The topological polar surface area (TPSA) is 0 Å². The van der Waals surface area contributed by atoms with Crippen molar-refractivity contribution in [3.8, 4) is 0 Å². The molecule has 45 valence electrons. The van der Waals surface area contributed by atoms with Crippen LogP contribution in [-0.4, -0.2) is 10.2 Å². The highest BCUT2D eigenvalue weighted by molar-refractivity contribution is 6.32. The molecule has 0 aliphatic carbocycles. The van der Waals surface area contributed by atoms with Gasteiger partial charge >= 0.3 is 0 Å². The fourth-order valence-corrected chi connectivity index (χ4v) is 1.04. The van der Waals surface area contributed by atoms with Crippen molar-refractivity contribution >= 4 is 15.4 Å². The largest absolute Gasteiger partial charge is 0.0711 e. The van der Waals surface area contributed by atoms with Gasteiger partial charge in [-0.05, 0) is 25.0 Å². The number of rotatable bonds is 0. The second-order valence-corrected chi connectivity index (χ2v) is 2.88. The van der Waals surface area contributed by atoms with Gasteiger partial charge in [-0.25, -0.2) is 0 Å². The highest BCUT2D eigenvalue weighted by Crippen LogP contribution is 2.01. The highest BCUT2D eigenvalue weighted by atomic mass is 28.1. The zero-order valence-corrected chi connectivity index (χ0v) is 6.73. The molecular formula is C8H9Si. The molecule has 0 aliphatic heterocycles. The SMILES string of the molecule is Cc1ccc([Si])cc1C. The van der Waals surface area contributed by atoms with E-state index in [4.69, 9.17) is 0 Å². The molecule has 0 unspecified atom stereocenters. The Labute approximate surface area is 59.3 Å². The maximum atomic E-state index is 3.44. The van der Waals surface area contributed by atoms with Crippen molar-refractivity contribution in [2.75, 3.05) is 0 Å². The summed E-state index contributed by atoms with van der Waals surface area (Å²) in [4.78, 5) is 0. The van der Waals surface area contributed by atoms with Crippen molar-refractivity contribution in [2.45, 2.75) is 13.8 Å². The molecule has 0 spiro atoms. The molecule has 0 N–H and O–H groups in total. The van der Waals surface area contributed by atoms with Gasteiger partial charge in [0, 0.05) is 0 Å². The zero-order valence-electron chi connectivity index (χ0n) is 5.73. The summed E-state index contributed by atoms with van der Waals surface area (Å²) >= 11 is 0. The fraction of sp³-hybridized carbons (Fsp3) is 0.250. The van der Waals surface area contributed by atoms with E-state index in [0.29, 0.717) is 0 Å². The van der Waals surface area contributed by atoms with Crippen LogP contribution in [0.5, 0.6) is 0 Å². The monoisotopic (exact) mass is 133 g/mol. The second-order valence-electron chi connectivity index (χ2n) is 2.30. The van der Waals surface area contributed by atoms with E-state index in [9.17, 15) is 0 Å². The number of benzene rings is 1. The first-order chi connectivity index (χ1) is 4.20. The van der Waals surface area contributed by atoms with Crippen LogP contribution in [0.1, 0.15) is 11.1 Å². The summed E-state index contributed by atoms with van der Waals surface area (Å²) < 4.78 is 0. The Hall–Kier alpha value is -0.563. The van der Waals surface area contributed by atoms with Crippen LogP contribution in [0.3, 0.4) is 0 Å². The Bertz CT molecular complexity index is 216. The third kappa shape index (κ3) is 1.42. The van der Waals surface area contributed by atoms with Gasteiger partial charge in [-0.2, -0.15) is 0 Å². The smallest absolute Gasteiger partial charge is 0.0671 e. The van der Waals surface area contributed by atoms with E-state index in [1.54, 1.807) is 0 Å². The highest BCUT2D eigenvalue weighted by Gasteiger charge is 1.89. The summed E-state index contributed by atoms with van der Waals surface area (Å²) in [5.74, 6) is 0. The first-order valence-corrected chi connectivity index (χ1v) is 3.49. The molecule has 0 atom stereocenters. The van der Waals surface area contributed by atoms with Crippen molar-refractivity contribution in [1.82, 2.24) is 0 Å². The van der Waals surface area contributed by atoms with Gasteiger partial charge < -0.3 is 0 Å². The summed E-state index contributed by atoms with van der Waals surface area (Å²) in [5, 5.41) is 1.15. The Kier molecular flexibility index (Phi) is 1.72. The minimum absolute atomic E-state index is 1.15. The fourth-order valence-electron chi connectivity index (χ4n) is 0.741. The van der Waals surface area contributed by atoms with E-state index in [1.807, 2.05) is 0 Å². The van der Waals surface area contributed by atoms with Gasteiger partial charge in [0.2, 0.25) is 0 Å². The van der Waals surface area contributed by atoms with Crippen molar-refractivity contribution in [3.05, 3.63) is 29.3 Å².